The summed E-state index contributed by atoms with van der Waals surface area (Å²) in [5, 5.41) is 11.0. The van der Waals surface area contributed by atoms with Crippen molar-refractivity contribution in [1.29, 1.82) is 0 Å². The first kappa shape index (κ1) is 25.0. The van der Waals surface area contributed by atoms with E-state index in [-0.39, 0.29) is 18.6 Å². The molecule has 2 aromatic rings. The van der Waals surface area contributed by atoms with Gasteiger partial charge in [0, 0.05) is 45.3 Å². The molecule has 1 atom stereocenters. The van der Waals surface area contributed by atoms with Gasteiger partial charge in [-0.15, -0.1) is 0 Å². The maximum atomic E-state index is 13.5. The summed E-state index contributed by atoms with van der Waals surface area (Å²) in [6, 6.07) is 12.0. The van der Waals surface area contributed by atoms with Crippen LogP contribution in [0.25, 0.3) is 0 Å². The lowest BCUT2D eigenvalue weighted by molar-refractivity contribution is 0.0275. The molecule has 36 heavy (non-hydrogen) atoms. The maximum absolute atomic E-state index is 13.5. The van der Waals surface area contributed by atoms with Crippen LogP contribution in [0.3, 0.4) is 0 Å². The fraction of sp³-hybridized carbons (Fsp3) is 0.571. The molecule has 8 nitrogen and oxygen atoms in total. The van der Waals surface area contributed by atoms with Gasteiger partial charge in [-0.3, -0.25) is 9.69 Å². The van der Waals surface area contributed by atoms with E-state index in [9.17, 15) is 9.90 Å². The van der Waals surface area contributed by atoms with Crippen LogP contribution in [0, 0.1) is 0 Å². The lowest BCUT2D eigenvalue weighted by Gasteiger charge is -2.33. The average molecular weight is 495 g/mol. The van der Waals surface area contributed by atoms with E-state index in [0.29, 0.717) is 30.4 Å². The molecule has 8 heteroatoms. The number of carbonyl (C=O) groups excluding carboxylic acids is 1. The Morgan fingerprint density at radius 1 is 1.11 bits per heavy atom. The molecule has 1 aromatic carbocycles. The summed E-state index contributed by atoms with van der Waals surface area (Å²) < 4.78 is 12.3. The number of β-amino-alcohol motifs (C(OH)–C–C–N with tert-alkyl or cyclic N) is 1. The summed E-state index contributed by atoms with van der Waals surface area (Å²) >= 11 is 0. The second-order valence-electron chi connectivity index (χ2n) is 11.1. The summed E-state index contributed by atoms with van der Waals surface area (Å²) in [6.45, 7) is 8.76. The highest BCUT2D eigenvalue weighted by molar-refractivity contribution is 5.97. The molecule has 1 aromatic heterocycles. The predicted octanol–water partition coefficient (Wildman–Crippen LogP) is 2.59. The summed E-state index contributed by atoms with van der Waals surface area (Å²) in [5.41, 5.74) is 2.46. The van der Waals surface area contributed by atoms with Gasteiger partial charge in [0.2, 0.25) is 11.8 Å². The smallest absolute Gasteiger partial charge is 0.259 e. The third-order valence-electron chi connectivity index (χ3n) is 7.36. The maximum Gasteiger partial charge on any atom is 0.259 e. The fourth-order valence-corrected chi connectivity index (χ4v) is 5.47. The molecule has 3 aliphatic rings. The molecule has 1 N–H and O–H groups in total. The highest BCUT2D eigenvalue weighted by Crippen LogP contribution is 2.31. The molecule has 194 valence electrons. The minimum atomic E-state index is -0.656. The second kappa shape index (κ2) is 10.4. The van der Waals surface area contributed by atoms with Gasteiger partial charge in [0.25, 0.3) is 5.91 Å². The quantitative estimate of drug-likeness (QED) is 0.661. The average Bonchev–Trinajstić information content (AvgIpc) is 2.93. The van der Waals surface area contributed by atoms with Crippen molar-refractivity contribution < 1.29 is 19.4 Å². The van der Waals surface area contributed by atoms with Gasteiger partial charge < -0.3 is 24.4 Å². The summed E-state index contributed by atoms with van der Waals surface area (Å²) in [7, 11) is 2.12. The molecule has 0 spiro atoms. The summed E-state index contributed by atoms with van der Waals surface area (Å²) in [4.78, 5) is 24.3. The van der Waals surface area contributed by atoms with Crippen molar-refractivity contribution >= 4 is 5.91 Å². The number of carbonyl (C=O) groups is 1. The molecule has 1 fully saturated rings. The third kappa shape index (κ3) is 5.82. The fourth-order valence-electron chi connectivity index (χ4n) is 5.47. The van der Waals surface area contributed by atoms with Crippen molar-refractivity contribution in [3.63, 3.8) is 0 Å². The van der Waals surface area contributed by atoms with Crippen molar-refractivity contribution in [1.82, 2.24) is 19.7 Å². The standard InChI is InChI=1S/C28H38N4O4/c1-28(2)19-32(18-22(33)17-31-15-10-20-6-4-5-7-21(20)16-31)27(34)24-8-9-25(29-26(24)36-28)35-23-11-13-30(3)14-12-23/h4-9,22-23,33H,10-19H2,1-3H3/t22-/m1/s1. The van der Waals surface area contributed by atoms with E-state index in [0.717, 1.165) is 45.4 Å². The molecule has 0 radical (unpaired) electrons. The Labute approximate surface area is 213 Å². The van der Waals surface area contributed by atoms with Crippen molar-refractivity contribution in [2.24, 2.45) is 0 Å². The number of amides is 1. The van der Waals surface area contributed by atoms with Crippen LogP contribution in [0.15, 0.2) is 36.4 Å². The second-order valence-corrected chi connectivity index (χ2v) is 11.1. The number of ether oxygens (including phenoxy) is 2. The van der Waals surface area contributed by atoms with Crippen molar-refractivity contribution in [2.75, 3.05) is 46.3 Å². The first-order valence-corrected chi connectivity index (χ1v) is 13.1. The number of aliphatic hydroxyl groups excluding tert-OH is 1. The van der Waals surface area contributed by atoms with Gasteiger partial charge in [-0.25, -0.2) is 0 Å². The Balaban J connectivity index is 1.25. The van der Waals surface area contributed by atoms with Gasteiger partial charge >= 0.3 is 0 Å². The molecule has 0 bridgehead atoms. The number of likely N-dealkylation sites (tertiary alicyclic amines) is 1. The van der Waals surface area contributed by atoms with Crippen LogP contribution in [0.2, 0.25) is 0 Å². The first-order valence-electron chi connectivity index (χ1n) is 13.1. The highest BCUT2D eigenvalue weighted by Gasteiger charge is 2.36. The topological polar surface area (TPSA) is 78.4 Å². The van der Waals surface area contributed by atoms with Crippen LogP contribution in [0.5, 0.6) is 11.8 Å². The van der Waals surface area contributed by atoms with E-state index in [1.807, 2.05) is 13.8 Å². The van der Waals surface area contributed by atoms with Gasteiger partial charge in [0.15, 0.2) is 0 Å². The number of nitrogens with zero attached hydrogens (tertiary/aromatic N) is 4. The Morgan fingerprint density at radius 3 is 2.64 bits per heavy atom. The predicted molar refractivity (Wildman–Crippen MR) is 137 cm³/mol. The van der Waals surface area contributed by atoms with E-state index in [1.54, 1.807) is 17.0 Å². The lowest BCUT2D eigenvalue weighted by atomic mass is 9.99. The Bertz CT molecular complexity index is 1080. The summed E-state index contributed by atoms with van der Waals surface area (Å²) in [6.07, 6.45) is 2.35. The zero-order valence-electron chi connectivity index (χ0n) is 21.7. The van der Waals surface area contributed by atoms with Gasteiger partial charge in [-0.1, -0.05) is 24.3 Å². The van der Waals surface area contributed by atoms with Crippen molar-refractivity contribution in [3.05, 3.63) is 53.1 Å². The molecule has 0 saturated carbocycles. The molecule has 5 rings (SSSR count). The molecule has 3 aliphatic heterocycles. The molecule has 0 aliphatic carbocycles. The van der Waals surface area contributed by atoms with E-state index in [2.05, 4.69) is 46.1 Å². The van der Waals surface area contributed by atoms with Crippen LogP contribution < -0.4 is 9.47 Å². The van der Waals surface area contributed by atoms with Gasteiger partial charge in [-0.05, 0) is 57.4 Å². The van der Waals surface area contributed by atoms with Crippen LogP contribution in [-0.4, -0.2) is 94.8 Å². The molecule has 1 saturated heterocycles. The minimum Gasteiger partial charge on any atom is -0.474 e. The summed E-state index contributed by atoms with van der Waals surface area (Å²) in [5.74, 6) is 0.628. The van der Waals surface area contributed by atoms with Gasteiger partial charge in [0.1, 0.15) is 17.3 Å². The van der Waals surface area contributed by atoms with Crippen LogP contribution in [0.1, 0.15) is 48.2 Å². The Hall–Kier alpha value is -2.68. The Kier molecular flexibility index (Phi) is 7.19. The number of rotatable bonds is 6. The molecule has 1 amide bonds. The van der Waals surface area contributed by atoms with Gasteiger partial charge in [-0.2, -0.15) is 4.98 Å². The molecule has 4 heterocycles. The van der Waals surface area contributed by atoms with Crippen molar-refractivity contribution in [3.8, 4) is 11.8 Å². The van der Waals surface area contributed by atoms with E-state index < -0.39 is 11.7 Å². The molecular weight excluding hydrogens is 456 g/mol. The monoisotopic (exact) mass is 494 g/mol. The third-order valence-corrected chi connectivity index (χ3v) is 7.36. The number of pyridine rings is 1. The first-order chi connectivity index (χ1) is 17.3. The Morgan fingerprint density at radius 2 is 1.86 bits per heavy atom. The molecule has 0 unspecified atom stereocenters. The number of hydrogen-bond acceptors (Lipinski definition) is 7. The van der Waals surface area contributed by atoms with Gasteiger partial charge in [0.05, 0.1) is 12.6 Å². The van der Waals surface area contributed by atoms with E-state index >= 15 is 0 Å². The number of aliphatic hydroxyl groups is 1. The zero-order chi connectivity index (χ0) is 25.3. The van der Waals surface area contributed by atoms with Crippen LogP contribution in [-0.2, 0) is 13.0 Å². The lowest BCUT2D eigenvalue weighted by Crippen LogP contribution is -2.48. The minimum absolute atomic E-state index is 0.120. The van der Waals surface area contributed by atoms with E-state index in [1.165, 1.54) is 11.1 Å². The van der Waals surface area contributed by atoms with Crippen molar-refractivity contribution in [2.45, 2.75) is 57.5 Å². The molecular formula is C28H38N4O4. The highest BCUT2D eigenvalue weighted by atomic mass is 16.5. The number of hydrogen-bond donors (Lipinski definition) is 1. The van der Waals surface area contributed by atoms with Crippen LogP contribution >= 0.6 is 0 Å². The number of piperidine rings is 1. The number of benzene rings is 1. The number of fused-ring (bicyclic) bond motifs is 2. The normalized spacial score (nSPS) is 21.8. The SMILES string of the molecule is CN1CCC(Oc2ccc3c(n2)OC(C)(C)CN(C[C@H](O)CN2CCc4ccccc4C2)C3=O)CC1. The van der Waals surface area contributed by atoms with E-state index in [4.69, 9.17) is 9.47 Å². The van der Waals surface area contributed by atoms with Crippen LogP contribution in [0.4, 0.5) is 0 Å². The number of aromatic nitrogens is 1. The zero-order valence-corrected chi connectivity index (χ0v) is 21.7. The largest absolute Gasteiger partial charge is 0.474 e.